The first-order chi connectivity index (χ1) is 31.5. The molecular formula is C53H66FN8O2P. The number of aryl methyl sites for hydroxylation is 1. The SMILES string of the molecule is C#Cc1c(F)ccc2cccc(-c3ncc4c(N5CCCC(C)C5)nc(OCC5(CN6CCC(CN7CCN(c8cccc(C)c8N(C)C(=O)C(C)CC)CC7)CC6)CC5)nc4c3P)c12. The Kier molecular flexibility index (Phi) is 13.3. The van der Waals surface area contributed by atoms with Crippen molar-refractivity contribution in [3.8, 4) is 29.6 Å². The Morgan fingerprint density at radius 3 is 2.49 bits per heavy atom. The molecule has 342 valence electrons. The molecule has 3 saturated heterocycles. The van der Waals surface area contributed by atoms with E-state index in [9.17, 15) is 4.79 Å². The fourth-order valence-electron chi connectivity index (χ4n) is 10.7. The standard InChI is InChI=1S/C53H66FN8O2P/c1-7-36(4)51(63)58(6)48-37(5)13-9-16-44(48)61-28-26-59(27-29-61)32-38-19-24-60(25-20-38)33-53(21-22-53)34-64-52-56-47-42(50(57-52)62-23-11-12-35(3)31-62)30-55-46(49(47)65)41-15-10-14-39-17-18-43(54)40(8-2)45(39)41/h2,9-10,13-18,30,35-36,38H,7,11-12,19-29,31-34,65H2,1,3-6H3. The summed E-state index contributed by atoms with van der Waals surface area (Å²) in [6.45, 7) is 19.4. The molecule has 1 amide bonds. The van der Waals surface area contributed by atoms with Gasteiger partial charge in [0.1, 0.15) is 11.6 Å². The lowest BCUT2D eigenvalue weighted by atomic mass is 9.94. The van der Waals surface area contributed by atoms with E-state index in [0.717, 1.165) is 135 Å². The first-order valence-electron chi connectivity index (χ1n) is 24.0. The van der Waals surface area contributed by atoms with Gasteiger partial charge in [0.2, 0.25) is 5.91 Å². The van der Waals surface area contributed by atoms with Gasteiger partial charge in [-0.1, -0.05) is 63.1 Å². The van der Waals surface area contributed by atoms with Crippen molar-refractivity contribution in [1.29, 1.82) is 0 Å². The van der Waals surface area contributed by atoms with Gasteiger partial charge in [-0.25, -0.2) is 4.39 Å². The highest BCUT2D eigenvalue weighted by molar-refractivity contribution is 7.28. The van der Waals surface area contributed by atoms with E-state index < -0.39 is 5.82 Å². The molecule has 10 nitrogen and oxygen atoms in total. The zero-order valence-corrected chi connectivity index (χ0v) is 40.2. The van der Waals surface area contributed by atoms with Gasteiger partial charge in [-0.3, -0.25) is 14.7 Å². The fraction of sp³-hybridized carbons (Fsp3) is 0.509. The van der Waals surface area contributed by atoms with Crippen molar-refractivity contribution in [2.24, 2.45) is 23.2 Å². The smallest absolute Gasteiger partial charge is 0.318 e. The summed E-state index contributed by atoms with van der Waals surface area (Å²) in [5, 5.41) is 3.23. The molecule has 5 aromatic rings. The second-order valence-electron chi connectivity index (χ2n) is 19.7. The van der Waals surface area contributed by atoms with Crippen LogP contribution in [0.2, 0.25) is 0 Å². The summed E-state index contributed by atoms with van der Waals surface area (Å²) in [6.07, 6.45) is 15.6. The number of ether oxygens (including phenoxy) is 1. The van der Waals surface area contributed by atoms with E-state index >= 15 is 4.39 Å². The van der Waals surface area contributed by atoms with E-state index in [2.05, 4.69) is 73.7 Å². The van der Waals surface area contributed by atoms with Crippen molar-refractivity contribution in [3.05, 3.63) is 71.7 Å². The zero-order chi connectivity index (χ0) is 45.4. The van der Waals surface area contributed by atoms with E-state index in [1.165, 1.54) is 31.0 Å². The molecule has 3 aliphatic heterocycles. The van der Waals surface area contributed by atoms with Crippen LogP contribution in [0.1, 0.15) is 76.8 Å². The molecule has 1 saturated carbocycles. The summed E-state index contributed by atoms with van der Waals surface area (Å²) >= 11 is 0. The van der Waals surface area contributed by atoms with E-state index in [4.69, 9.17) is 26.1 Å². The molecule has 0 bridgehead atoms. The zero-order valence-electron chi connectivity index (χ0n) is 39.1. The number of carbonyl (C=O) groups excluding carboxylic acids is 1. The number of carbonyl (C=O) groups is 1. The predicted molar refractivity (Wildman–Crippen MR) is 267 cm³/mol. The number of piperidine rings is 2. The van der Waals surface area contributed by atoms with Gasteiger partial charge in [0, 0.05) is 93.2 Å². The summed E-state index contributed by atoms with van der Waals surface area (Å²) in [7, 11) is 4.82. The van der Waals surface area contributed by atoms with Gasteiger partial charge in [-0.05, 0) is 99.9 Å². The molecule has 4 aliphatic rings. The summed E-state index contributed by atoms with van der Waals surface area (Å²) in [6, 6.07) is 15.9. The maximum Gasteiger partial charge on any atom is 0.318 e. The van der Waals surface area contributed by atoms with Crippen molar-refractivity contribution >= 4 is 59.3 Å². The molecule has 12 heteroatoms. The van der Waals surface area contributed by atoms with Crippen LogP contribution in [-0.4, -0.2) is 110 Å². The second-order valence-corrected chi connectivity index (χ2v) is 20.3. The van der Waals surface area contributed by atoms with Crippen LogP contribution in [0.25, 0.3) is 32.9 Å². The van der Waals surface area contributed by atoms with Gasteiger partial charge >= 0.3 is 6.01 Å². The van der Waals surface area contributed by atoms with E-state index in [-0.39, 0.29) is 22.8 Å². The molecule has 65 heavy (non-hydrogen) atoms. The van der Waals surface area contributed by atoms with Crippen molar-refractivity contribution in [3.63, 3.8) is 0 Å². The van der Waals surface area contributed by atoms with Gasteiger partial charge in [0.15, 0.2) is 0 Å². The van der Waals surface area contributed by atoms with Crippen molar-refractivity contribution in [1.82, 2.24) is 24.8 Å². The Balaban J connectivity index is 0.844. The Labute approximate surface area is 387 Å². The van der Waals surface area contributed by atoms with E-state index in [1.54, 1.807) is 6.07 Å². The Morgan fingerprint density at radius 2 is 1.77 bits per heavy atom. The highest BCUT2D eigenvalue weighted by atomic mass is 31.0. The lowest BCUT2D eigenvalue weighted by Gasteiger charge is -2.41. The summed E-state index contributed by atoms with van der Waals surface area (Å²) < 4.78 is 21.7. The number of halogens is 1. The summed E-state index contributed by atoms with van der Waals surface area (Å²) in [5.41, 5.74) is 5.95. The number of amides is 1. The van der Waals surface area contributed by atoms with Crippen LogP contribution in [0.3, 0.4) is 0 Å². The van der Waals surface area contributed by atoms with E-state index in [1.807, 2.05) is 43.3 Å². The molecule has 0 radical (unpaired) electrons. The number of para-hydroxylation sites is 1. The molecule has 3 atom stereocenters. The van der Waals surface area contributed by atoms with Gasteiger partial charge in [-0.2, -0.15) is 9.97 Å². The average molecular weight is 897 g/mol. The number of likely N-dealkylation sites (tertiary alicyclic amines) is 1. The largest absolute Gasteiger partial charge is 0.463 e. The van der Waals surface area contributed by atoms with Crippen LogP contribution in [-0.2, 0) is 4.79 Å². The Bertz CT molecular complexity index is 2600. The molecule has 3 unspecified atom stereocenters. The lowest BCUT2D eigenvalue weighted by Crippen LogP contribution is -2.49. The number of nitrogens with zero attached hydrogens (tertiary/aromatic N) is 8. The van der Waals surface area contributed by atoms with Crippen LogP contribution in [0.5, 0.6) is 6.01 Å². The van der Waals surface area contributed by atoms with Gasteiger partial charge in [0.25, 0.3) is 0 Å². The minimum atomic E-state index is -0.420. The van der Waals surface area contributed by atoms with Crippen LogP contribution in [0.15, 0.2) is 54.7 Å². The lowest BCUT2D eigenvalue weighted by molar-refractivity contribution is -0.121. The number of benzene rings is 3. The minimum Gasteiger partial charge on any atom is -0.463 e. The van der Waals surface area contributed by atoms with Crippen LogP contribution in [0.4, 0.5) is 21.6 Å². The number of hydrogen-bond acceptors (Lipinski definition) is 9. The molecule has 0 spiro atoms. The van der Waals surface area contributed by atoms with Gasteiger partial charge in [0.05, 0.1) is 40.1 Å². The number of pyridine rings is 1. The third-order valence-electron chi connectivity index (χ3n) is 15.0. The van der Waals surface area contributed by atoms with Gasteiger partial charge in [-0.15, -0.1) is 15.7 Å². The molecule has 4 fully saturated rings. The molecule has 1 aliphatic carbocycles. The number of terminal acetylenes is 1. The number of rotatable bonds is 13. The third kappa shape index (κ3) is 9.42. The fourth-order valence-corrected chi connectivity index (χ4v) is 11.1. The number of aromatic nitrogens is 3. The van der Waals surface area contributed by atoms with E-state index in [0.29, 0.717) is 35.5 Å². The van der Waals surface area contributed by atoms with Crippen LogP contribution in [0, 0.1) is 48.3 Å². The maximum atomic E-state index is 15.1. The van der Waals surface area contributed by atoms with Crippen LogP contribution < -0.4 is 24.7 Å². The van der Waals surface area contributed by atoms with Crippen molar-refractivity contribution in [2.75, 3.05) is 93.8 Å². The molecule has 3 aromatic carbocycles. The molecule has 2 aromatic heterocycles. The van der Waals surface area contributed by atoms with Crippen molar-refractivity contribution < 1.29 is 13.9 Å². The summed E-state index contributed by atoms with van der Waals surface area (Å²) in [4.78, 5) is 40.5. The van der Waals surface area contributed by atoms with Gasteiger partial charge < -0.3 is 24.3 Å². The average Bonchev–Trinajstić information content (AvgIpc) is 4.10. The highest BCUT2D eigenvalue weighted by Crippen LogP contribution is 2.47. The molecule has 0 N–H and O–H groups in total. The topological polar surface area (TPSA) is 81.2 Å². The normalized spacial score (nSPS) is 19.9. The second kappa shape index (κ2) is 19.1. The predicted octanol–water partition coefficient (Wildman–Crippen LogP) is 8.71. The molecule has 5 heterocycles. The minimum absolute atomic E-state index is 0.00537. The number of anilines is 3. The van der Waals surface area contributed by atoms with Crippen molar-refractivity contribution in [2.45, 2.75) is 72.6 Å². The first kappa shape index (κ1) is 45.3. The van der Waals surface area contributed by atoms with Crippen LogP contribution >= 0.6 is 9.24 Å². The number of fused-ring (bicyclic) bond motifs is 2. The monoisotopic (exact) mass is 897 g/mol. The molecular weight excluding hydrogens is 831 g/mol. The first-order valence-corrected chi connectivity index (χ1v) is 24.6. The quantitative estimate of drug-likeness (QED) is 0.0853. The number of hydrogen-bond donors (Lipinski definition) is 0. The molecule has 9 rings (SSSR count). The Morgan fingerprint density at radius 1 is 1.00 bits per heavy atom. The summed E-state index contributed by atoms with van der Waals surface area (Å²) in [5.74, 6) is 4.48. The maximum absolute atomic E-state index is 15.1. The Hall–Kier alpha value is -4.88. The highest BCUT2D eigenvalue weighted by Gasteiger charge is 2.45. The third-order valence-corrected chi connectivity index (χ3v) is 15.5. The number of piperazine rings is 1.